The molecule has 0 saturated carbocycles. The SMILES string of the molecule is CC/C=C\C/C=C\C/C=C\C/C=C\CCCCCCCCCCCCC(=O)OC(COC(=O)CCCCCCCCCCCCCCCCCCC/C=C\CCCCCCCCCC)COP(=O)(O)OCCN. The zero-order chi connectivity index (χ0) is 53.1. The van der Waals surface area contributed by atoms with Crippen LogP contribution in [-0.2, 0) is 32.7 Å². The Bertz CT molecular complexity index is 1380. The fraction of sp³-hybridized carbons (Fsp3) is 0.810. The molecule has 0 aliphatic rings. The van der Waals surface area contributed by atoms with E-state index in [4.69, 9.17) is 24.3 Å². The number of unbranched alkanes of at least 4 members (excludes halogenated alkanes) is 35. The number of allylic oxidation sites excluding steroid dienone is 10. The van der Waals surface area contributed by atoms with E-state index in [2.05, 4.69) is 74.6 Å². The molecular weight excluding hydrogens is 930 g/mol. The predicted octanol–water partition coefficient (Wildman–Crippen LogP) is 19.5. The minimum absolute atomic E-state index is 0.0519. The van der Waals surface area contributed by atoms with Crippen LogP contribution in [0.25, 0.3) is 0 Å². The maximum absolute atomic E-state index is 12.7. The first-order chi connectivity index (χ1) is 35.8. The van der Waals surface area contributed by atoms with Crippen molar-refractivity contribution >= 4 is 19.8 Å². The van der Waals surface area contributed by atoms with Crippen molar-refractivity contribution in [3.05, 3.63) is 60.8 Å². The molecule has 0 amide bonds. The van der Waals surface area contributed by atoms with Gasteiger partial charge in [-0.25, -0.2) is 4.57 Å². The minimum atomic E-state index is -4.39. The molecule has 0 fully saturated rings. The highest BCUT2D eigenvalue weighted by atomic mass is 31.2. The highest BCUT2D eigenvalue weighted by Crippen LogP contribution is 2.43. The van der Waals surface area contributed by atoms with Crippen LogP contribution in [0, 0.1) is 0 Å². The van der Waals surface area contributed by atoms with Gasteiger partial charge in [0, 0.05) is 19.4 Å². The van der Waals surface area contributed by atoms with Gasteiger partial charge >= 0.3 is 19.8 Å². The second-order valence-corrected chi connectivity index (χ2v) is 22.0. The van der Waals surface area contributed by atoms with E-state index in [0.717, 1.165) is 70.6 Å². The Morgan fingerprint density at radius 3 is 1.14 bits per heavy atom. The molecule has 3 N–H and O–H groups in total. The van der Waals surface area contributed by atoms with Gasteiger partial charge in [-0.05, 0) is 77.0 Å². The Labute approximate surface area is 450 Å². The van der Waals surface area contributed by atoms with Crippen LogP contribution in [0.2, 0.25) is 0 Å². The first kappa shape index (κ1) is 70.7. The van der Waals surface area contributed by atoms with Gasteiger partial charge in [0.1, 0.15) is 6.61 Å². The van der Waals surface area contributed by atoms with Crippen LogP contribution in [0.15, 0.2) is 60.8 Å². The molecule has 73 heavy (non-hydrogen) atoms. The lowest BCUT2D eigenvalue weighted by atomic mass is 10.0. The molecule has 0 aromatic rings. The number of ether oxygens (including phenoxy) is 2. The number of nitrogens with two attached hydrogens (primary N) is 1. The molecule has 0 radical (unpaired) electrons. The van der Waals surface area contributed by atoms with Crippen molar-refractivity contribution in [2.24, 2.45) is 5.73 Å². The molecule has 0 saturated heterocycles. The fourth-order valence-corrected chi connectivity index (χ4v) is 9.63. The molecule has 426 valence electrons. The number of hydrogen-bond acceptors (Lipinski definition) is 8. The van der Waals surface area contributed by atoms with Gasteiger partial charge in [0.2, 0.25) is 0 Å². The van der Waals surface area contributed by atoms with Crippen molar-refractivity contribution in [1.29, 1.82) is 0 Å². The smallest absolute Gasteiger partial charge is 0.462 e. The number of carbonyl (C=O) groups is 2. The molecule has 0 aliphatic carbocycles. The van der Waals surface area contributed by atoms with Crippen LogP contribution in [0.4, 0.5) is 0 Å². The van der Waals surface area contributed by atoms with E-state index >= 15 is 0 Å². The molecule has 0 aromatic heterocycles. The summed E-state index contributed by atoms with van der Waals surface area (Å²) in [5, 5.41) is 0. The summed E-state index contributed by atoms with van der Waals surface area (Å²) in [4.78, 5) is 35.2. The monoisotopic (exact) mass is 1050 g/mol. The second-order valence-electron chi connectivity index (χ2n) is 20.5. The van der Waals surface area contributed by atoms with Gasteiger partial charge in [0.05, 0.1) is 13.2 Å². The zero-order valence-corrected chi connectivity index (χ0v) is 48.5. The number of esters is 2. The normalized spacial score (nSPS) is 13.4. The molecule has 10 heteroatoms. The third-order valence-electron chi connectivity index (χ3n) is 13.4. The van der Waals surface area contributed by atoms with E-state index in [1.807, 2.05) is 0 Å². The van der Waals surface area contributed by atoms with Crippen LogP contribution >= 0.6 is 7.82 Å². The van der Waals surface area contributed by atoms with E-state index in [1.54, 1.807) is 0 Å². The van der Waals surface area contributed by atoms with Crippen molar-refractivity contribution in [1.82, 2.24) is 0 Å². The molecule has 9 nitrogen and oxygen atoms in total. The summed E-state index contributed by atoms with van der Waals surface area (Å²) < 4.78 is 33.1. The molecule has 0 spiro atoms. The predicted molar refractivity (Wildman–Crippen MR) is 312 cm³/mol. The quantitative estimate of drug-likeness (QED) is 0.0264. The first-order valence-corrected chi connectivity index (χ1v) is 32.3. The maximum Gasteiger partial charge on any atom is 0.472 e. The third-order valence-corrected chi connectivity index (χ3v) is 14.4. The van der Waals surface area contributed by atoms with Crippen molar-refractivity contribution in [3.63, 3.8) is 0 Å². The standard InChI is InChI=1S/C63H116NO8P/c1-3-5-7-9-11-13-15-17-19-21-23-25-27-28-29-30-31-32-34-35-37-39-41-43-45-47-49-51-53-55-62(65)69-59-61(60-71-73(67,68)70-58-57-64)72-63(66)56-54-52-50-48-46-44-42-40-38-36-33-26-24-22-20-18-16-14-12-10-8-6-4-2/h6,8,12,14,18,20-21,23-24,26,61H,3-5,7,9-11,13,15-17,19,22,25,27-60,64H2,1-2H3,(H,67,68)/b8-6-,14-12-,20-18-,23-21-,26-24-. The second kappa shape index (κ2) is 59.0. The Balaban J connectivity index is 3.91. The van der Waals surface area contributed by atoms with Crippen molar-refractivity contribution in [2.45, 2.75) is 302 Å². The molecule has 0 heterocycles. The van der Waals surface area contributed by atoms with Crippen LogP contribution in [-0.4, -0.2) is 49.3 Å². The van der Waals surface area contributed by atoms with Gasteiger partial charge in [0.25, 0.3) is 0 Å². The Morgan fingerprint density at radius 2 is 0.753 bits per heavy atom. The zero-order valence-electron chi connectivity index (χ0n) is 47.6. The van der Waals surface area contributed by atoms with Gasteiger partial charge in [-0.2, -0.15) is 0 Å². The van der Waals surface area contributed by atoms with Crippen LogP contribution in [0.1, 0.15) is 296 Å². The summed E-state index contributed by atoms with van der Waals surface area (Å²) in [6.45, 7) is 3.67. The molecular formula is C63H116NO8P. The molecule has 0 aromatic carbocycles. The van der Waals surface area contributed by atoms with Crippen LogP contribution < -0.4 is 5.73 Å². The van der Waals surface area contributed by atoms with E-state index in [1.165, 1.54) is 193 Å². The van der Waals surface area contributed by atoms with E-state index in [9.17, 15) is 19.0 Å². The van der Waals surface area contributed by atoms with Crippen LogP contribution in [0.3, 0.4) is 0 Å². The molecule has 2 atom stereocenters. The van der Waals surface area contributed by atoms with Crippen molar-refractivity contribution < 1.29 is 37.6 Å². The largest absolute Gasteiger partial charge is 0.472 e. The van der Waals surface area contributed by atoms with Crippen LogP contribution in [0.5, 0.6) is 0 Å². The molecule has 0 rings (SSSR count). The third kappa shape index (κ3) is 58.8. The van der Waals surface area contributed by atoms with Crippen molar-refractivity contribution in [2.75, 3.05) is 26.4 Å². The number of carbonyl (C=O) groups excluding carboxylic acids is 2. The van der Waals surface area contributed by atoms with Gasteiger partial charge < -0.3 is 20.1 Å². The number of phosphoric ester groups is 1. The topological polar surface area (TPSA) is 134 Å². The average molecular weight is 1050 g/mol. The van der Waals surface area contributed by atoms with E-state index in [-0.39, 0.29) is 38.6 Å². The van der Waals surface area contributed by atoms with Gasteiger partial charge in [-0.15, -0.1) is 0 Å². The minimum Gasteiger partial charge on any atom is -0.462 e. The number of rotatable bonds is 58. The summed E-state index contributed by atoms with van der Waals surface area (Å²) in [6, 6.07) is 0. The first-order valence-electron chi connectivity index (χ1n) is 30.8. The highest BCUT2D eigenvalue weighted by Gasteiger charge is 2.26. The number of hydrogen-bond donors (Lipinski definition) is 2. The average Bonchev–Trinajstić information content (AvgIpc) is 3.38. The Hall–Kier alpha value is -2.29. The van der Waals surface area contributed by atoms with Gasteiger partial charge in [-0.1, -0.05) is 267 Å². The summed E-state index contributed by atoms with van der Waals surface area (Å²) >= 11 is 0. The highest BCUT2D eigenvalue weighted by molar-refractivity contribution is 7.47. The van der Waals surface area contributed by atoms with Gasteiger partial charge in [0.15, 0.2) is 6.10 Å². The van der Waals surface area contributed by atoms with Gasteiger partial charge in [-0.3, -0.25) is 18.6 Å². The molecule has 2 unspecified atom stereocenters. The summed E-state index contributed by atoms with van der Waals surface area (Å²) in [5.74, 6) is -0.822. The fourth-order valence-electron chi connectivity index (χ4n) is 8.86. The lowest BCUT2D eigenvalue weighted by molar-refractivity contribution is -0.161. The lowest BCUT2D eigenvalue weighted by Crippen LogP contribution is -2.29. The summed E-state index contributed by atoms with van der Waals surface area (Å²) in [5.41, 5.74) is 5.39. The Kier molecular flexibility index (Phi) is 57.1. The summed E-state index contributed by atoms with van der Waals surface area (Å²) in [7, 11) is -4.39. The maximum atomic E-state index is 12.7. The Morgan fingerprint density at radius 1 is 0.425 bits per heavy atom. The summed E-state index contributed by atoms with van der Waals surface area (Å²) in [6.07, 6.45) is 74.3. The number of phosphoric acid groups is 1. The van der Waals surface area contributed by atoms with E-state index in [0.29, 0.717) is 6.42 Å². The molecule has 0 aliphatic heterocycles. The molecule has 0 bridgehead atoms. The van der Waals surface area contributed by atoms with E-state index < -0.39 is 26.5 Å². The lowest BCUT2D eigenvalue weighted by Gasteiger charge is -2.19. The van der Waals surface area contributed by atoms with Crippen molar-refractivity contribution in [3.8, 4) is 0 Å².